The van der Waals surface area contributed by atoms with Crippen molar-refractivity contribution < 1.29 is 33.3 Å². The van der Waals surface area contributed by atoms with Crippen LogP contribution in [0, 0.1) is 5.41 Å². The zero-order valence-corrected chi connectivity index (χ0v) is 28.1. The number of hydrogen-bond acceptors (Lipinski definition) is 9. The summed E-state index contributed by atoms with van der Waals surface area (Å²) in [6, 6.07) is 8.52. The summed E-state index contributed by atoms with van der Waals surface area (Å²) in [5, 5.41) is 1.97. The first kappa shape index (κ1) is 36.5. The van der Waals surface area contributed by atoms with E-state index in [-0.39, 0.29) is 35.8 Å². The molecular weight excluding hydrogens is 598 g/mol. The molecule has 0 bridgehead atoms. The number of ether oxygens (including phenoxy) is 4. The number of aromatic nitrogens is 1. The fourth-order valence-corrected chi connectivity index (χ4v) is 4.96. The molecule has 0 radical (unpaired) electrons. The summed E-state index contributed by atoms with van der Waals surface area (Å²) in [7, 11) is 1.55. The molecule has 0 spiro atoms. The number of nitrogens with two attached hydrogens (primary N) is 1. The van der Waals surface area contributed by atoms with Crippen LogP contribution in [0.5, 0.6) is 17.4 Å². The van der Waals surface area contributed by atoms with E-state index in [0.29, 0.717) is 5.75 Å². The van der Waals surface area contributed by atoms with E-state index in [1.54, 1.807) is 31.4 Å². The summed E-state index contributed by atoms with van der Waals surface area (Å²) in [4.78, 5) is 40.5. The van der Waals surface area contributed by atoms with Gasteiger partial charge in [-0.2, -0.15) is 0 Å². The second-order valence-corrected chi connectivity index (χ2v) is 11.9. The molecule has 0 aliphatic heterocycles. The number of amides is 2. The molecule has 1 aliphatic rings. The van der Waals surface area contributed by atoms with Crippen LogP contribution in [0.2, 0.25) is 0 Å². The zero-order chi connectivity index (χ0) is 34.4. The predicted octanol–water partition coefficient (Wildman–Crippen LogP) is 6.93. The third-order valence-corrected chi connectivity index (χ3v) is 7.59. The lowest BCUT2D eigenvalue weighted by Crippen LogP contribution is -2.37. The molecule has 3 rings (SSSR count). The maximum atomic E-state index is 12.8. The Morgan fingerprint density at radius 1 is 1.11 bits per heavy atom. The minimum atomic E-state index is -1.09. The lowest BCUT2D eigenvalue weighted by atomic mass is 9.72. The van der Waals surface area contributed by atoms with Gasteiger partial charge in [0.1, 0.15) is 19.0 Å². The van der Waals surface area contributed by atoms with Crippen molar-refractivity contribution in [3.8, 4) is 17.4 Å². The fourth-order valence-electron chi connectivity index (χ4n) is 4.96. The van der Waals surface area contributed by atoms with Crippen LogP contribution in [0.25, 0.3) is 0 Å². The molecule has 0 saturated carbocycles. The molecule has 1 aliphatic carbocycles. The first-order chi connectivity index (χ1) is 22.4. The van der Waals surface area contributed by atoms with Crippen LogP contribution in [0.4, 0.5) is 4.79 Å². The first-order valence-corrected chi connectivity index (χ1v) is 15.5. The standard InChI is InChI=1S/C37H45N3O7/c1-25(15-16-31-27(3)12-9-18-37(31,4)5)10-7-11-26(2)17-19-45-35(42)29-21-32(46-24-28-13-8-14-30(20-28)44-6)34(39-23-29)47-36(43)40-33(41)22-38/h7-8,10-11,13-17,20-21,23H,9,12,18-19,22,24,38H2,1-6H3,(H,40,41,43). The molecule has 10 heteroatoms. The number of allylic oxidation sites excluding steroid dienone is 9. The molecule has 1 heterocycles. The number of pyridine rings is 1. The van der Waals surface area contributed by atoms with Gasteiger partial charge in [0, 0.05) is 12.3 Å². The quantitative estimate of drug-likeness (QED) is 0.176. The number of hydrogen-bond donors (Lipinski definition) is 2. The van der Waals surface area contributed by atoms with Gasteiger partial charge in [0.25, 0.3) is 5.88 Å². The highest BCUT2D eigenvalue weighted by Crippen LogP contribution is 2.40. The number of rotatable bonds is 13. The molecule has 0 atom stereocenters. The van der Waals surface area contributed by atoms with Crippen LogP contribution in [-0.4, -0.2) is 43.2 Å². The van der Waals surface area contributed by atoms with Crippen LogP contribution in [0.3, 0.4) is 0 Å². The van der Waals surface area contributed by atoms with E-state index >= 15 is 0 Å². The van der Waals surface area contributed by atoms with Gasteiger partial charge in [-0.1, -0.05) is 73.1 Å². The van der Waals surface area contributed by atoms with E-state index in [1.807, 2.05) is 36.5 Å². The van der Waals surface area contributed by atoms with Gasteiger partial charge in [0.2, 0.25) is 5.91 Å². The van der Waals surface area contributed by atoms with Crippen molar-refractivity contribution in [3.05, 3.63) is 106 Å². The summed E-state index contributed by atoms with van der Waals surface area (Å²) >= 11 is 0. The van der Waals surface area contributed by atoms with Crippen molar-refractivity contribution in [2.24, 2.45) is 11.1 Å². The van der Waals surface area contributed by atoms with Crippen LogP contribution in [0.15, 0.2) is 95.3 Å². The van der Waals surface area contributed by atoms with Crippen molar-refractivity contribution in [2.45, 2.75) is 60.5 Å². The van der Waals surface area contributed by atoms with Crippen molar-refractivity contribution in [3.63, 3.8) is 0 Å². The Morgan fingerprint density at radius 3 is 2.62 bits per heavy atom. The van der Waals surface area contributed by atoms with Gasteiger partial charge < -0.3 is 24.7 Å². The van der Waals surface area contributed by atoms with Gasteiger partial charge in [-0.3, -0.25) is 10.1 Å². The van der Waals surface area contributed by atoms with Crippen LogP contribution < -0.4 is 25.3 Å². The van der Waals surface area contributed by atoms with E-state index < -0.39 is 24.5 Å². The molecule has 2 amide bonds. The Balaban J connectivity index is 1.64. The summed E-state index contributed by atoms with van der Waals surface area (Å²) in [5.74, 6) is -1.02. The first-order valence-electron chi connectivity index (χ1n) is 15.5. The van der Waals surface area contributed by atoms with Crippen LogP contribution in [0.1, 0.15) is 69.8 Å². The summed E-state index contributed by atoms with van der Waals surface area (Å²) in [5.41, 5.74) is 11.2. The highest BCUT2D eigenvalue weighted by atomic mass is 16.6. The average molecular weight is 644 g/mol. The van der Waals surface area contributed by atoms with E-state index in [4.69, 9.17) is 24.7 Å². The van der Waals surface area contributed by atoms with E-state index in [0.717, 1.165) is 23.1 Å². The maximum absolute atomic E-state index is 12.8. The monoisotopic (exact) mass is 643 g/mol. The van der Waals surface area contributed by atoms with Gasteiger partial charge in [-0.25, -0.2) is 14.6 Å². The Labute approximate surface area is 277 Å². The van der Waals surface area contributed by atoms with E-state index in [1.165, 1.54) is 36.3 Å². The third-order valence-electron chi connectivity index (χ3n) is 7.59. The van der Waals surface area contributed by atoms with Gasteiger partial charge in [0.05, 0.1) is 19.2 Å². The Kier molecular flexibility index (Phi) is 13.7. The number of benzene rings is 1. The predicted molar refractivity (Wildman–Crippen MR) is 181 cm³/mol. The SMILES string of the molecule is COc1cccc(COc2cc(C(=O)OCC=C(C)C=CC=C(C)C=CC3=C(C)CCCC3(C)C)cnc2OC(=O)NC(=O)CN)c1. The summed E-state index contributed by atoms with van der Waals surface area (Å²) in [6.45, 7) is 10.5. The van der Waals surface area contributed by atoms with Crippen molar-refractivity contribution in [2.75, 3.05) is 20.3 Å². The highest BCUT2D eigenvalue weighted by Gasteiger charge is 2.26. The van der Waals surface area contributed by atoms with Crippen LogP contribution >= 0.6 is 0 Å². The summed E-state index contributed by atoms with van der Waals surface area (Å²) < 4.78 is 21.7. The van der Waals surface area contributed by atoms with Crippen LogP contribution in [-0.2, 0) is 16.1 Å². The molecule has 0 unspecified atom stereocenters. The molecule has 47 heavy (non-hydrogen) atoms. The highest BCUT2D eigenvalue weighted by molar-refractivity contribution is 5.93. The molecular formula is C37H45N3O7. The number of esters is 1. The van der Waals surface area contributed by atoms with Gasteiger partial charge in [-0.05, 0) is 74.8 Å². The molecule has 1 aromatic carbocycles. The molecule has 2 aromatic rings. The van der Waals surface area contributed by atoms with Crippen molar-refractivity contribution in [1.29, 1.82) is 0 Å². The van der Waals surface area contributed by atoms with Gasteiger partial charge >= 0.3 is 12.1 Å². The normalized spacial score (nSPS) is 15.1. The Hall–Kier alpha value is -4.96. The van der Waals surface area contributed by atoms with Crippen molar-refractivity contribution >= 4 is 18.0 Å². The second-order valence-electron chi connectivity index (χ2n) is 11.9. The Morgan fingerprint density at radius 2 is 1.89 bits per heavy atom. The maximum Gasteiger partial charge on any atom is 0.420 e. The lowest BCUT2D eigenvalue weighted by molar-refractivity contribution is -0.118. The number of methoxy groups -OCH3 is 1. The van der Waals surface area contributed by atoms with Gasteiger partial charge in [-0.15, -0.1) is 0 Å². The Bertz CT molecular complexity index is 1600. The minimum Gasteiger partial charge on any atom is -0.497 e. The minimum absolute atomic E-state index is 0.0121. The molecule has 0 saturated heterocycles. The molecule has 0 fully saturated rings. The molecule has 250 valence electrons. The third kappa shape index (κ3) is 11.7. The zero-order valence-electron chi connectivity index (χ0n) is 28.1. The second kappa shape index (κ2) is 17.7. The number of carbonyl (C=O) groups excluding carboxylic acids is 3. The molecule has 3 N–H and O–H groups in total. The fraction of sp³-hybridized carbons (Fsp3) is 0.351. The number of carbonyl (C=O) groups is 3. The smallest absolute Gasteiger partial charge is 0.420 e. The van der Waals surface area contributed by atoms with E-state index in [9.17, 15) is 14.4 Å². The summed E-state index contributed by atoms with van der Waals surface area (Å²) in [6.07, 6.45) is 15.8. The average Bonchev–Trinajstić information content (AvgIpc) is 3.03. The lowest BCUT2D eigenvalue weighted by Gasteiger charge is -2.32. The molecule has 1 aromatic heterocycles. The van der Waals surface area contributed by atoms with E-state index in [2.05, 4.69) is 44.8 Å². The number of nitrogens with one attached hydrogen (secondary N) is 1. The topological polar surface area (TPSA) is 139 Å². The van der Waals surface area contributed by atoms with Gasteiger partial charge in [0.15, 0.2) is 5.75 Å². The largest absolute Gasteiger partial charge is 0.497 e. The number of imide groups is 1. The number of nitrogens with zero attached hydrogens (tertiary/aromatic N) is 1. The molecule has 10 nitrogen and oxygen atoms in total. The van der Waals surface area contributed by atoms with Crippen molar-refractivity contribution in [1.82, 2.24) is 10.3 Å².